The van der Waals surface area contributed by atoms with Crippen molar-refractivity contribution in [3.05, 3.63) is 79.0 Å². The monoisotopic (exact) mass is 620 g/mol. The van der Waals surface area contributed by atoms with E-state index in [2.05, 4.69) is 9.88 Å². The third-order valence-electron chi connectivity index (χ3n) is 7.86. The van der Waals surface area contributed by atoms with Gasteiger partial charge in [0.05, 0.1) is 22.9 Å². The highest BCUT2D eigenvalue weighted by Crippen LogP contribution is 2.43. The van der Waals surface area contributed by atoms with Crippen molar-refractivity contribution in [1.82, 2.24) is 19.0 Å². The van der Waals surface area contributed by atoms with Gasteiger partial charge in [0.25, 0.3) is 5.56 Å². The van der Waals surface area contributed by atoms with Gasteiger partial charge in [-0.15, -0.1) is 11.3 Å². The van der Waals surface area contributed by atoms with E-state index in [1.807, 2.05) is 25.1 Å². The number of likely N-dealkylation sites (tertiary alicyclic amines) is 1. The van der Waals surface area contributed by atoms with Gasteiger partial charge in [0.1, 0.15) is 18.4 Å². The van der Waals surface area contributed by atoms with Crippen molar-refractivity contribution in [2.45, 2.75) is 63.7 Å². The topological polar surface area (TPSA) is 89.6 Å². The van der Waals surface area contributed by atoms with Crippen LogP contribution in [0.15, 0.2) is 52.3 Å². The molecule has 0 radical (unpaired) electrons. The Kier molecular flexibility index (Phi) is 7.67. The van der Waals surface area contributed by atoms with E-state index in [1.54, 1.807) is 12.3 Å². The summed E-state index contributed by atoms with van der Waals surface area (Å²) < 4.78 is 47.4. The molecule has 1 N–H and O–H groups in total. The average Bonchev–Trinajstić information content (AvgIpc) is 3.51. The summed E-state index contributed by atoms with van der Waals surface area (Å²) in [6, 6.07) is 8.61. The van der Waals surface area contributed by atoms with Crippen LogP contribution in [0.4, 0.5) is 13.2 Å². The van der Waals surface area contributed by atoms with E-state index in [-0.39, 0.29) is 18.8 Å². The zero-order valence-corrected chi connectivity index (χ0v) is 24.2. The van der Waals surface area contributed by atoms with E-state index in [0.29, 0.717) is 38.3 Å². The maximum absolute atomic E-state index is 12.9. The van der Waals surface area contributed by atoms with Crippen LogP contribution in [0.3, 0.4) is 0 Å². The molecule has 1 aliphatic carbocycles. The molecule has 2 aliphatic rings. The fraction of sp³-hybridized carbons (Fsp3) is 0.414. The molecule has 4 heterocycles. The maximum atomic E-state index is 12.9. The largest absolute Gasteiger partial charge is 0.489 e. The molecule has 2 fully saturated rings. The molecule has 1 saturated heterocycles. The SMILES string of the molecule is Cc1cc(Cl)cc(-c2ccnc3cc(Cn4c(=O)ccn(CC(F)(F)F)c4=O)sc23)c1OC1CC(N2CCC(O)C2)C1. The number of aryl methyl sites for hydroxylation is 1. The fourth-order valence-corrected chi connectivity index (χ4v) is 7.14. The molecule has 4 aromatic rings. The predicted molar refractivity (Wildman–Crippen MR) is 155 cm³/mol. The summed E-state index contributed by atoms with van der Waals surface area (Å²) in [5, 5.41) is 10.4. The van der Waals surface area contributed by atoms with Gasteiger partial charge in [-0.1, -0.05) is 11.6 Å². The van der Waals surface area contributed by atoms with Gasteiger partial charge in [-0.3, -0.25) is 23.8 Å². The summed E-state index contributed by atoms with van der Waals surface area (Å²) >= 11 is 7.79. The lowest BCUT2D eigenvalue weighted by Crippen LogP contribution is -2.48. The Morgan fingerprint density at radius 2 is 1.95 bits per heavy atom. The number of hydrogen-bond acceptors (Lipinski definition) is 7. The molecule has 0 bridgehead atoms. The molecule has 222 valence electrons. The summed E-state index contributed by atoms with van der Waals surface area (Å²) in [5.74, 6) is 0.709. The van der Waals surface area contributed by atoms with Crippen LogP contribution in [0, 0.1) is 6.92 Å². The van der Waals surface area contributed by atoms with Crippen LogP contribution in [0.2, 0.25) is 5.02 Å². The lowest BCUT2D eigenvalue weighted by atomic mass is 9.87. The molecule has 42 heavy (non-hydrogen) atoms. The number of benzene rings is 1. The summed E-state index contributed by atoms with van der Waals surface area (Å²) in [6.45, 7) is 1.85. The number of aromatic nitrogens is 3. The molecule has 13 heteroatoms. The molecule has 1 aromatic carbocycles. The number of aliphatic hydroxyl groups is 1. The Labute approximate surface area is 247 Å². The number of halogens is 4. The number of β-amino-alcohol motifs (C(OH)–C–C–N with tert-alkyl or cyclic N) is 1. The van der Waals surface area contributed by atoms with Gasteiger partial charge < -0.3 is 9.84 Å². The Balaban J connectivity index is 1.30. The van der Waals surface area contributed by atoms with Crippen molar-refractivity contribution in [1.29, 1.82) is 0 Å². The standard InChI is InChI=1S/C29H28ClF3N4O4S/c1-16-8-17(30)9-23(26(16)41-20-10-18(11-20)35-6-3-19(38)13-35)22-2-5-34-24-12-21(42-27(22)24)14-37-25(39)4-7-36(28(37)40)15-29(31,32)33/h2,4-5,7-9,12,18-20,38H,3,6,10-11,13-15H2,1H3. The smallest absolute Gasteiger partial charge is 0.406 e. The summed E-state index contributed by atoms with van der Waals surface area (Å²) in [7, 11) is 0. The number of nitrogens with zero attached hydrogens (tertiary/aromatic N) is 4. The van der Waals surface area contributed by atoms with Crippen molar-refractivity contribution >= 4 is 33.2 Å². The maximum Gasteiger partial charge on any atom is 0.406 e. The van der Waals surface area contributed by atoms with Crippen molar-refractivity contribution in [3.8, 4) is 16.9 Å². The Bertz CT molecular complexity index is 1760. The highest BCUT2D eigenvalue weighted by atomic mass is 35.5. The first kappa shape index (κ1) is 28.9. The van der Waals surface area contributed by atoms with Crippen LogP contribution in [0.25, 0.3) is 21.3 Å². The molecule has 8 nitrogen and oxygen atoms in total. The molecule has 6 rings (SSSR count). The lowest BCUT2D eigenvalue weighted by Gasteiger charge is -2.41. The first-order valence-electron chi connectivity index (χ1n) is 13.6. The molecule has 1 aliphatic heterocycles. The van der Waals surface area contributed by atoms with Crippen molar-refractivity contribution in [2.24, 2.45) is 0 Å². The van der Waals surface area contributed by atoms with Crippen molar-refractivity contribution < 1.29 is 23.0 Å². The molecular formula is C29H28ClF3N4O4S. The van der Waals surface area contributed by atoms with Gasteiger partial charge in [0.2, 0.25) is 0 Å². The van der Waals surface area contributed by atoms with E-state index in [1.165, 1.54) is 11.3 Å². The van der Waals surface area contributed by atoms with Gasteiger partial charge in [-0.2, -0.15) is 13.2 Å². The van der Waals surface area contributed by atoms with Gasteiger partial charge in [-0.05, 0) is 43.2 Å². The molecule has 3 aromatic heterocycles. The number of thiophene rings is 1. The van der Waals surface area contributed by atoms with Crippen molar-refractivity contribution in [2.75, 3.05) is 13.1 Å². The average molecular weight is 621 g/mol. The second kappa shape index (κ2) is 11.1. The third-order valence-corrected chi connectivity index (χ3v) is 9.22. The number of alkyl halides is 3. The summed E-state index contributed by atoms with van der Waals surface area (Å²) in [6.07, 6.45) is 0.188. The quantitative estimate of drug-likeness (QED) is 0.318. The number of pyridine rings is 1. The van der Waals surface area contributed by atoms with E-state index in [9.17, 15) is 27.9 Å². The van der Waals surface area contributed by atoms with Crippen LogP contribution < -0.4 is 16.0 Å². The van der Waals surface area contributed by atoms with Crippen LogP contribution in [-0.4, -0.2) is 61.6 Å². The highest BCUT2D eigenvalue weighted by Gasteiger charge is 2.38. The number of ether oxygens (including phenoxy) is 1. The van der Waals surface area contributed by atoms with Crippen LogP contribution >= 0.6 is 22.9 Å². The van der Waals surface area contributed by atoms with E-state index in [4.69, 9.17) is 16.3 Å². The van der Waals surface area contributed by atoms with Crippen molar-refractivity contribution in [3.63, 3.8) is 0 Å². The number of hydrogen-bond donors (Lipinski definition) is 1. The third kappa shape index (κ3) is 5.85. The minimum absolute atomic E-state index is 0.0198. The predicted octanol–water partition coefficient (Wildman–Crippen LogP) is 4.84. The van der Waals surface area contributed by atoms with Crippen LogP contribution in [0.5, 0.6) is 5.75 Å². The Morgan fingerprint density at radius 3 is 2.67 bits per heavy atom. The van der Waals surface area contributed by atoms with Gasteiger partial charge in [-0.25, -0.2) is 4.79 Å². The minimum Gasteiger partial charge on any atom is -0.489 e. The van der Waals surface area contributed by atoms with E-state index >= 15 is 0 Å². The van der Waals surface area contributed by atoms with E-state index in [0.717, 1.165) is 64.0 Å². The van der Waals surface area contributed by atoms with Gasteiger partial charge >= 0.3 is 11.9 Å². The van der Waals surface area contributed by atoms with Crippen LogP contribution in [0.1, 0.15) is 29.7 Å². The molecular weight excluding hydrogens is 593 g/mol. The molecule has 1 unspecified atom stereocenters. The Hall–Kier alpha value is -3.19. The molecule has 1 atom stereocenters. The lowest BCUT2D eigenvalue weighted by molar-refractivity contribution is -0.141. The number of rotatable bonds is 7. The Morgan fingerprint density at radius 1 is 1.17 bits per heavy atom. The highest BCUT2D eigenvalue weighted by molar-refractivity contribution is 7.19. The normalized spacial score (nSPS) is 21.1. The first-order chi connectivity index (χ1) is 19.9. The number of aliphatic hydroxyl groups excluding tert-OH is 1. The van der Waals surface area contributed by atoms with Crippen LogP contribution in [-0.2, 0) is 13.1 Å². The minimum atomic E-state index is -4.60. The second-order valence-corrected chi connectivity index (χ2v) is 12.5. The van der Waals surface area contributed by atoms with Gasteiger partial charge in [0, 0.05) is 71.5 Å². The molecule has 1 saturated carbocycles. The summed E-state index contributed by atoms with van der Waals surface area (Å²) in [5.41, 5.74) is 1.36. The zero-order chi connectivity index (χ0) is 29.8. The zero-order valence-electron chi connectivity index (χ0n) is 22.6. The molecule has 0 spiro atoms. The fourth-order valence-electron chi connectivity index (χ4n) is 5.73. The summed E-state index contributed by atoms with van der Waals surface area (Å²) in [4.78, 5) is 32.5. The number of fused-ring (bicyclic) bond motifs is 1. The molecule has 0 amide bonds. The van der Waals surface area contributed by atoms with E-state index < -0.39 is 24.0 Å². The van der Waals surface area contributed by atoms with Gasteiger partial charge in [0.15, 0.2) is 0 Å². The first-order valence-corrected chi connectivity index (χ1v) is 14.8. The second-order valence-electron chi connectivity index (χ2n) is 11.0.